The number of nitrogens with zero attached hydrogens (tertiary/aromatic N) is 1. The average Bonchev–Trinajstić information content (AvgIpc) is 2.73. The highest BCUT2D eigenvalue weighted by Crippen LogP contribution is 2.23. The standard InChI is InChI=1S/C13H21NO3/c1-5-8-9(4)12-14-10(6-2)11(17-12)13(15)16-7-3/h9H,5-8H2,1-4H3. The Hall–Kier alpha value is -1.32. The van der Waals surface area contributed by atoms with Crippen molar-refractivity contribution in [2.75, 3.05) is 6.61 Å². The summed E-state index contributed by atoms with van der Waals surface area (Å²) in [5.74, 6) is 0.749. The van der Waals surface area contributed by atoms with Crippen molar-refractivity contribution in [3.8, 4) is 0 Å². The maximum atomic E-state index is 11.7. The van der Waals surface area contributed by atoms with Gasteiger partial charge in [-0.3, -0.25) is 0 Å². The van der Waals surface area contributed by atoms with Crippen LogP contribution in [0.5, 0.6) is 0 Å². The molecule has 0 radical (unpaired) electrons. The first-order valence-electron chi connectivity index (χ1n) is 6.30. The van der Waals surface area contributed by atoms with Crippen LogP contribution in [0, 0.1) is 0 Å². The Morgan fingerprint density at radius 1 is 1.41 bits per heavy atom. The number of hydrogen-bond donors (Lipinski definition) is 0. The maximum Gasteiger partial charge on any atom is 0.376 e. The van der Waals surface area contributed by atoms with E-state index in [2.05, 4.69) is 18.8 Å². The Balaban J connectivity index is 2.93. The van der Waals surface area contributed by atoms with E-state index in [4.69, 9.17) is 9.15 Å². The van der Waals surface area contributed by atoms with E-state index in [0.717, 1.165) is 12.8 Å². The Labute approximate surface area is 102 Å². The molecule has 1 aromatic heterocycles. The quantitative estimate of drug-likeness (QED) is 0.714. The van der Waals surface area contributed by atoms with Crippen LogP contribution in [0.25, 0.3) is 0 Å². The fourth-order valence-electron chi connectivity index (χ4n) is 1.73. The first-order valence-corrected chi connectivity index (χ1v) is 6.30. The summed E-state index contributed by atoms with van der Waals surface area (Å²) in [6, 6.07) is 0. The maximum absolute atomic E-state index is 11.7. The first-order chi connectivity index (χ1) is 8.13. The number of aryl methyl sites for hydroxylation is 1. The lowest BCUT2D eigenvalue weighted by atomic mass is 10.1. The van der Waals surface area contributed by atoms with E-state index in [-0.39, 0.29) is 11.7 Å². The van der Waals surface area contributed by atoms with E-state index in [1.165, 1.54) is 0 Å². The molecule has 0 aromatic carbocycles. The molecule has 1 atom stereocenters. The number of carbonyl (C=O) groups is 1. The molecule has 0 aliphatic carbocycles. The van der Waals surface area contributed by atoms with Gasteiger partial charge in [-0.05, 0) is 19.8 Å². The second-order valence-electron chi connectivity index (χ2n) is 4.09. The molecular formula is C13H21NO3. The zero-order valence-electron chi connectivity index (χ0n) is 11.1. The number of oxazole rings is 1. The van der Waals surface area contributed by atoms with E-state index in [0.29, 0.717) is 24.6 Å². The summed E-state index contributed by atoms with van der Waals surface area (Å²) in [5.41, 5.74) is 0.696. The molecule has 4 nitrogen and oxygen atoms in total. The van der Waals surface area contributed by atoms with Crippen LogP contribution in [0.1, 0.15) is 68.6 Å². The molecule has 0 N–H and O–H groups in total. The lowest BCUT2D eigenvalue weighted by Gasteiger charge is -2.03. The highest BCUT2D eigenvalue weighted by molar-refractivity contribution is 5.87. The monoisotopic (exact) mass is 239 g/mol. The van der Waals surface area contributed by atoms with Gasteiger partial charge in [-0.25, -0.2) is 9.78 Å². The van der Waals surface area contributed by atoms with Gasteiger partial charge in [-0.15, -0.1) is 0 Å². The van der Waals surface area contributed by atoms with Gasteiger partial charge in [0.1, 0.15) is 0 Å². The minimum atomic E-state index is -0.410. The molecule has 0 amide bonds. The molecule has 96 valence electrons. The van der Waals surface area contributed by atoms with Crippen LogP contribution in [0.4, 0.5) is 0 Å². The van der Waals surface area contributed by atoms with Gasteiger partial charge in [0.25, 0.3) is 0 Å². The van der Waals surface area contributed by atoms with Crippen LogP contribution < -0.4 is 0 Å². The smallest absolute Gasteiger partial charge is 0.376 e. The number of carbonyl (C=O) groups excluding carboxylic acids is 1. The van der Waals surface area contributed by atoms with Crippen LogP contribution in [-0.4, -0.2) is 17.6 Å². The van der Waals surface area contributed by atoms with Gasteiger partial charge >= 0.3 is 5.97 Å². The van der Waals surface area contributed by atoms with Crippen molar-refractivity contribution in [3.63, 3.8) is 0 Å². The molecule has 0 saturated heterocycles. The van der Waals surface area contributed by atoms with Crippen LogP contribution in [-0.2, 0) is 11.2 Å². The van der Waals surface area contributed by atoms with Gasteiger partial charge in [0.05, 0.1) is 12.3 Å². The molecule has 0 spiro atoms. The molecule has 1 heterocycles. The number of ether oxygens (including phenoxy) is 1. The average molecular weight is 239 g/mol. The fraction of sp³-hybridized carbons (Fsp3) is 0.692. The SMILES string of the molecule is CCCC(C)c1nc(CC)c(C(=O)OCC)o1. The van der Waals surface area contributed by atoms with Crippen molar-refractivity contribution >= 4 is 5.97 Å². The lowest BCUT2D eigenvalue weighted by Crippen LogP contribution is -2.05. The van der Waals surface area contributed by atoms with Crippen LogP contribution >= 0.6 is 0 Å². The van der Waals surface area contributed by atoms with Crippen molar-refractivity contribution < 1.29 is 13.9 Å². The minimum Gasteiger partial charge on any atom is -0.460 e. The van der Waals surface area contributed by atoms with Crippen LogP contribution in [0.2, 0.25) is 0 Å². The van der Waals surface area contributed by atoms with Crippen molar-refractivity contribution in [3.05, 3.63) is 17.3 Å². The topological polar surface area (TPSA) is 52.3 Å². The predicted octanol–water partition coefficient (Wildman–Crippen LogP) is 3.32. The molecule has 17 heavy (non-hydrogen) atoms. The van der Waals surface area contributed by atoms with Crippen LogP contribution in [0.15, 0.2) is 4.42 Å². The van der Waals surface area contributed by atoms with Gasteiger partial charge in [0, 0.05) is 5.92 Å². The number of hydrogen-bond acceptors (Lipinski definition) is 4. The summed E-state index contributed by atoms with van der Waals surface area (Å²) in [6.45, 7) is 8.26. The highest BCUT2D eigenvalue weighted by atomic mass is 16.5. The number of aromatic nitrogens is 1. The van der Waals surface area contributed by atoms with E-state index in [1.807, 2.05) is 6.92 Å². The summed E-state index contributed by atoms with van der Waals surface area (Å²) in [4.78, 5) is 16.0. The molecule has 0 saturated carbocycles. The van der Waals surface area contributed by atoms with Crippen molar-refractivity contribution in [1.82, 2.24) is 4.98 Å². The van der Waals surface area contributed by atoms with E-state index < -0.39 is 5.97 Å². The molecule has 1 rings (SSSR count). The predicted molar refractivity (Wildman–Crippen MR) is 65.2 cm³/mol. The zero-order chi connectivity index (χ0) is 12.8. The number of rotatable bonds is 6. The summed E-state index contributed by atoms with van der Waals surface area (Å²) >= 11 is 0. The lowest BCUT2D eigenvalue weighted by molar-refractivity contribution is 0.0485. The molecule has 1 unspecified atom stereocenters. The summed E-state index contributed by atoms with van der Waals surface area (Å²) in [7, 11) is 0. The molecule has 0 aliphatic heterocycles. The second kappa shape index (κ2) is 6.42. The Bertz CT molecular complexity index is 371. The van der Waals surface area contributed by atoms with Crippen LogP contribution in [0.3, 0.4) is 0 Å². The fourth-order valence-corrected chi connectivity index (χ4v) is 1.73. The van der Waals surface area contributed by atoms with Crippen molar-refractivity contribution in [2.24, 2.45) is 0 Å². The third-order valence-electron chi connectivity index (χ3n) is 2.65. The Morgan fingerprint density at radius 3 is 2.65 bits per heavy atom. The highest BCUT2D eigenvalue weighted by Gasteiger charge is 2.22. The normalized spacial score (nSPS) is 12.5. The Kier molecular flexibility index (Phi) is 5.19. The van der Waals surface area contributed by atoms with E-state index in [9.17, 15) is 4.79 Å². The third-order valence-corrected chi connectivity index (χ3v) is 2.65. The van der Waals surface area contributed by atoms with E-state index in [1.54, 1.807) is 6.92 Å². The molecule has 0 fully saturated rings. The van der Waals surface area contributed by atoms with Crippen molar-refractivity contribution in [2.45, 2.75) is 52.9 Å². The molecule has 0 aliphatic rings. The largest absolute Gasteiger partial charge is 0.460 e. The van der Waals surface area contributed by atoms with Crippen molar-refractivity contribution in [1.29, 1.82) is 0 Å². The first kappa shape index (κ1) is 13.7. The summed E-state index contributed by atoms with van der Waals surface area (Å²) in [5, 5.41) is 0. The summed E-state index contributed by atoms with van der Waals surface area (Å²) < 4.78 is 10.5. The van der Waals surface area contributed by atoms with Gasteiger partial charge in [-0.1, -0.05) is 27.2 Å². The summed E-state index contributed by atoms with van der Waals surface area (Å²) in [6.07, 6.45) is 2.75. The third kappa shape index (κ3) is 3.32. The molecule has 0 bridgehead atoms. The molecule has 1 aromatic rings. The Morgan fingerprint density at radius 2 is 2.12 bits per heavy atom. The van der Waals surface area contributed by atoms with Gasteiger partial charge in [-0.2, -0.15) is 0 Å². The van der Waals surface area contributed by atoms with Gasteiger partial charge < -0.3 is 9.15 Å². The second-order valence-corrected chi connectivity index (χ2v) is 4.09. The zero-order valence-corrected chi connectivity index (χ0v) is 11.1. The number of esters is 1. The molecule has 4 heteroatoms. The minimum absolute atomic E-state index is 0.244. The molecular weight excluding hydrogens is 218 g/mol. The van der Waals surface area contributed by atoms with Gasteiger partial charge in [0.15, 0.2) is 5.89 Å². The van der Waals surface area contributed by atoms with E-state index >= 15 is 0 Å². The van der Waals surface area contributed by atoms with Gasteiger partial charge in [0.2, 0.25) is 5.76 Å².